The summed E-state index contributed by atoms with van der Waals surface area (Å²) < 4.78 is 0. The van der Waals surface area contributed by atoms with Gasteiger partial charge in [-0.15, -0.1) is 0 Å². The molecule has 106 valence electrons. The average Bonchev–Trinajstić information content (AvgIpc) is 1.76. The van der Waals surface area contributed by atoms with Crippen molar-refractivity contribution in [2.24, 2.45) is 0 Å². The van der Waals surface area contributed by atoms with Crippen molar-refractivity contribution in [3.63, 3.8) is 0 Å². The maximum absolute atomic E-state index is 8.25. The molecule has 17 nitrogen and oxygen atoms in total. The van der Waals surface area contributed by atoms with Crippen LogP contribution >= 0.6 is 0 Å². The van der Waals surface area contributed by atoms with Crippen molar-refractivity contribution < 1.29 is 45.3 Å². The first-order valence-electron chi connectivity index (χ1n) is 2.19. The summed E-state index contributed by atoms with van der Waals surface area (Å²) in [6, 6.07) is 0. The van der Waals surface area contributed by atoms with Crippen molar-refractivity contribution in [2.45, 2.75) is 0 Å². The Morgan fingerprint density at radius 2 is 0.444 bits per heavy atom. The molecule has 0 aliphatic rings. The molecule has 18 heteroatoms. The van der Waals surface area contributed by atoms with Crippen molar-refractivity contribution >= 4 is 0 Å². The fourth-order valence-corrected chi connectivity index (χ4v) is 0. The minimum Gasteiger partial charge on any atom is -0.412 e. The second kappa shape index (κ2) is 29.3. The summed E-state index contributed by atoms with van der Waals surface area (Å²) in [4.78, 5) is 33.0. The zero-order valence-electron chi connectivity index (χ0n) is 7.89. The third-order valence-electron chi connectivity index (χ3n) is 0. The fraction of sp³-hybridized carbons (Fsp3) is 0. The minimum absolute atomic E-state index is 0. The third-order valence-corrected chi connectivity index (χ3v) is 0. The van der Waals surface area contributed by atoms with Crippen LogP contribution in [-0.2, 0) is 19.5 Å². The molecular formula is H2N4O13Zn-4. The molecule has 0 saturated heterocycles. The topological polar surface area (TPSA) is 296 Å². The Labute approximate surface area is 107 Å². The summed E-state index contributed by atoms with van der Waals surface area (Å²) in [5.74, 6) is 0. The molecule has 0 amide bonds. The van der Waals surface area contributed by atoms with E-state index in [4.69, 9.17) is 61.3 Å². The molecule has 0 spiro atoms. The van der Waals surface area contributed by atoms with Gasteiger partial charge in [0.1, 0.15) is 0 Å². The second-order valence-electron chi connectivity index (χ2n) is 0.894. The number of nitrogens with zero attached hydrogens (tertiary/aromatic N) is 4. The first-order chi connectivity index (χ1) is 6.93. The van der Waals surface area contributed by atoms with E-state index >= 15 is 0 Å². The summed E-state index contributed by atoms with van der Waals surface area (Å²) in [6.07, 6.45) is 0. The second-order valence-corrected chi connectivity index (χ2v) is 0.894. The standard InChI is InChI=1S/4NO3.H2O.Zn/c4*2-1(3)4;;/h;;;;1H2;/q4*-1;;. The van der Waals surface area contributed by atoms with Crippen LogP contribution in [0.15, 0.2) is 0 Å². The number of hydrogen-bond acceptors (Lipinski definition) is 12. The fourth-order valence-electron chi connectivity index (χ4n) is 0. The molecule has 0 saturated carbocycles. The monoisotopic (exact) mass is 330 g/mol. The van der Waals surface area contributed by atoms with Gasteiger partial charge in [0.15, 0.2) is 0 Å². The van der Waals surface area contributed by atoms with Gasteiger partial charge in [0.25, 0.3) is 0 Å². The number of hydrogen-bond donors (Lipinski definition) is 0. The van der Waals surface area contributed by atoms with E-state index < -0.39 is 20.3 Å². The van der Waals surface area contributed by atoms with Crippen LogP contribution < -0.4 is 0 Å². The Hall–Kier alpha value is -2.62. The van der Waals surface area contributed by atoms with Gasteiger partial charge in [-0.3, -0.25) is 0 Å². The van der Waals surface area contributed by atoms with E-state index in [1.165, 1.54) is 0 Å². The van der Waals surface area contributed by atoms with Crippen molar-refractivity contribution in [2.75, 3.05) is 0 Å². The van der Waals surface area contributed by atoms with E-state index in [0.29, 0.717) is 0 Å². The van der Waals surface area contributed by atoms with Crippen LogP contribution in [0.25, 0.3) is 0 Å². The Balaban J connectivity index is -0.0000000257. The molecule has 0 rings (SSSR count). The minimum atomic E-state index is -1.75. The van der Waals surface area contributed by atoms with E-state index in [1.807, 2.05) is 0 Å². The van der Waals surface area contributed by atoms with Crippen molar-refractivity contribution in [3.8, 4) is 0 Å². The molecule has 0 fully saturated rings. The average molecular weight is 331 g/mol. The van der Waals surface area contributed by atoms with Crippen LogP contribution in [-0.4, -0.2) is 25.8 Å². The van der Waals surface area contributed by atoms with E-state index in [0.717, 1.165) is 0 Å². The zero-order chi connectivity index (χ0) is 14.3. The summed E-state index contributed by atoms with van der Waals surface area (Å²) in [5.41, 5.74) is 0. The van der Waals surface area contributed by atoms with Crippen LogP contribution in [0.2, 0.25) is 0 Å². The van der Waals surface area contributed by atoms with Gasteiger partial charge in [0.05, 0.1) is 20.3 Å². The first-order valence-corrected chi connectivity index (χ1v) is 2.19. The molecule has 0 aliphatic carbocycles. The van der Waals surface area contributed by atoms with E-state index in [9.17, 15) is 0 Å². The largest absolute Gasteiger partial charge is 0.412 e. The van der Waals surface area contributed by atoms with Crippen molar-refractivity contribution in [1.29, 1.82) is 0 Å². The summed E-state index contributed by atoms with van der Waals surface area (Å²) in [5, 5.41) is 59.0. The third kappa shape index (κ3) is 300. The van der Waals surface area contributed by atoms with Gasteiger partial charge in [0, 0.05) is 19.5 Å². The Morgan fingerprint density at radius 1 is 0.444 bits per heavy atom. The predicted molar refractivity (Wildman–Crippen MR) is 45.1 cm³/mol. The molecule has 0 heterocycles. The maximum Gasteiger partial charge on any atom is 0.0689 e. The van der Waals surface area contributed by atoms with Gasteiger partial charge < -0.3 is 66.8 Å². The van der Waals surface area contributed by atoms with Gasteiger partial charge in [-0.25, -0.2) is 0 Å². The Bertz CT molecular complexity index is 159. The van der Waals surface area contributed by atoms with Crippen LogP contribution in [0, 0.1) is 61.3 Å². The molecule has 0 bridgehead atoms. The SMILES string of the molecule is O.O=[N+]([O-])[O-].O=[N+]([O-])[O-].O=[N+]([O-])[O-].O=[N+]([O-])[O-].[Zn]. The number of rotatable bonds is 0. The van der Waals surface area contributed by atoms with Crippen LogP contribution in [0.5, 0.6) is 0 Å². The molecule has 0 aromatic heterocycles. The maximum atomic E-state index is 8.25. The quantitative estimate of drug-likeness (QED) is 0.270. The summed E-state index contributed by atoms with van der Waals surface area (Å²) >= 11 is 0. The predicted octanol–water partition coefficient (Wildman–Crippen LogP) is -1.78. The Kier molecular flexibility index (Phi) is 58.8. The molecule has 0 aromatic carbocycles. The summed E-state index contributed by atoms with van der Waals surface area (Å²) in [7, 11) is 0. The molecule has 18 heavy (non-hydrogen) atoms. The molecule has 0 aromatic rings. The van der Waals surface area contributed by atoms with Crippen molar-refractivity contribution in [3.05, 3.63) is 61.3 Å². The van der Waals surface area contributed by atoms with Gasteiger partial charge >= 0.3 is 0 Å². The molecule has 0 unspecified atom stereocenters. The van der Waals surface area contributed by atoms with Gasteiger partial charge in [-0.1, -0.05) is 0 Å². The molecule has 2 N–H and O–H groups in total. The van der Waals surface area contributed by atoms with Gasteiger partial charge in [0.2, 0.25) is 0 Å². The molecule has 0 radical (unpaired) electrons. The first kappa shape index (κ1) is 36.1. The van der Waals surface area contributed by atoms with E-state index in [1.54, 1.807) is 0 Å². The van der Waals surface area contributed by atoms with Gasteiger partial charge in [-0.2, -0.15) is 0 Å². The molecule has 0 atom stereocenters. The smallest absolute Gasteiger partial charge is 0.0689 e. The molecular weight excluding hydrogens is 329 g/mol. The van der Waals surface area contributed by atoms with E-state index in [-0.39, 0.29) is 25.0 Å². The van der Waals surface area contributed by atoms with Crippen LogP contribution in [0.3, 0.4) is 0 Å². The Morgan fingerprint density at radius 3 is 0.444 bits per heavy atom. The van der Waals surface area contributed by atoms with Gasteiger partial charge in [-0.05, 0) is 0 Å². The summed E-state index contributed by atoms with van der Waals surface area (Å²) in [6.45, 7) is 0. The molecule has 0 aliphatic heterocycles. The van der Waals surface area contributed by atoms with Crippen molar-refractivity contribution in [1.82, 2.24) is 0 Å². The van der Waals surface area contributed by atoms with Crippen LogP contribution in [0.4, 0.5) is 0 Å². The zero-order valence-corrected chi connectivity index (χ0v) is 10.9. The van der Waals surface area contributed by atoms with E-state index in [2.05, 4.69) is 0 Å². The normalized spacial score (nSPS) is 5.33. The van der Waals surface area contributed by atoms with Crippen LogP contribution in [0.1, 0.15) is 0 Å².